The van der Waals surface area contributed by atoms with E-state index in [2.05, 4.69) is 0 Å². The molecule has 0 aliphatic carbocycles. The highest BCUT2D eigenvalue weighted by atomic mass is 35.5. The van der Waals surface area contributed by atoms with Crippen LogP contribution < -0.4 is 4.74 Å². The number of carbonyl (C=O) groups is 1. The molecular formula is C40H43Cl4NO6. The Morgan fingerprint density at radius 1 is 0.725 bits per heavy atom. The Kier molecular flexibility index (Phi) is 14.3. The van der Waals surface area contributed by atoms with E-state index in [1.807, 2.05) is 87.5 Å². The maximum Gasteiger partial charge on any atom is 0.410 e. The Morgan fingerprint density at radius 2 is 1.29 bits per heavy atom. The number of halogens is 4. The van der Waals surface area contributed by atoms with Gasteiger partial charge in [-0.3, -0.25) is 0 Å². The Bertz CT molecular complexity index is 1650. The first-order valence-corrected chi connectivity index (χ1v) is 18.4. The van der Waals surface area contributed by atoms with E-state index in [-0.39, 0.29) is 32.2 Å². The molecule has 1 aliphatic heterocycles. The summed E-state index contributed by atoms with van der Waals surface area (Å²) in [4.78, 5) is 15.1. The fourth-order valence-corrected chi connectivity index (χ4v) is 6.69. The van der Waals surface area contributed by atoms with Crippen LogP contribution in [0.1, 0.15) is 55.4 Å². The molecule has 1 heterocycles. The van der Waals surface area contributed by atoms with E-state index in [1.54, 1.807) is 29.2 Å². The minimum atomic E-state index is -0.682. The highest BCUT2D eigenvalue weighted by Crippen LogP contribution is 2.36. The molecule has 0 aromatic heterocycles. The number of ether oxygens (including phenoxy) is 5. The van der Waals surface area contributed by atoms with Crippen LogP contribution in [-0.4, -0.2) is 55.1 Å². The molecule has 4 aromatic rings. The number of carbonyl (C=O) groups excluding carboxylic acids is 1. The Hall–Kier alpha value is -3.01. The van der Waals surface area contributed by atoms with Crippen LogP contribution in [0.4, 0.5) is 4.79 Å². The lowest BCUT2D eigenvalue weighted by Crippen LogP contribution is -2.55. The summed E-state index contributed by atoms with van der Waals surface area (Å²) in [5, 5.41) is 2.06. The molecule has 272 valence electrons. The third kappa shape index (κ3) is 12.0. The first-order chi connectivity index (χ1) is 24.4. The van der Waals surface area contributed by atoms with E-state index < -0.39 is 23.9 Å². The molecule has 3 atom stereocenters. The normalized spacial score (nSPS) is 17.7. The fourth-order valence-electron chi connectivity index (χ4n) is 5.77. The van der Waals surface area contributed by atoms with Gasteiger partial charge in [0.15, 0.2) is 0 Å². The molecule has 51 heavy (non-hydrogen) atoms. The van der Waals surface area contributed by atoms with Gasteiger partial charge in [0.1, 0.15) is 11.4 Å². The van der Waals surface area contributed by atoms with Crippen molar-refractivity contribution in [3.8, 4) is 5.75 Å². The van der Waals surface area contributed by atoms with Crippen molar-refractivity contribution >= 4 is 52.5 Å². The van der Waals surface area contributed by atoms with Gasteiger partial charge in [-0.05, 0) is 79.4 Å². The van der Waals surface area contributed by atoms with Crippen molar-refractivity contribution in [2.45, 2.75) is 70.7 Å². The minimum absolute atomic E-state index is 0.197. The smallest absolute Gasteiger partial charge is 0.410 e. The van der Waals surface area contributed by atoms with Crippen LogP contribution in [0, 0.1) is 0 Å². The van der Waals surface area contributed by atoms with E-state index in [1.165, 1.54) is 0 Å². The summed E-state index contributed by atoms with van der Waals surface area (Å²) >= 11 is 25.4. The average Bonchev–Trinajstić information content (AvgIpc) is 3.09. The molecular weight excluding hydrogens is 732 g/mol. The van der Waals surface area contributed by atoms with Gasteiger partial charge in [0.2, 0.25) is 0 Å². The Morgan fingerprint density at radius 3 is 1.82 bits per heavy atom. The van der Waals surface area contributed by atoms with E-state index in [9.17, 15) is 4.79 Å². The van der Waals surface area contributed by atoms with Crippen molar-refractivity contribution in [2.75, 3.05) is 26.3 Å². The molecule has 0 radical (unpaired) electrons. The van der Waals surface area contributed by atoms with Crippen molar-refractivity contribution in [3.05, 3.63) is 133 Å². The van der Waals surface area contributed by atoms with E-state index in [0.717, 1.165) is 34.4 Å². The van der Waals surface area contributed by atoms with Crippen LogP contribution in [-0.2, 0) is 38.8 Å². The molecule has 0 N–H and O–H groups in total. The molecule has 1 aliphatic rings. The molecule has 0 spiro atoms. The molecule has 1 amide bonds. The lowest BCUT2D eigenvalue weighted by atomic mass is 9.84. The van der Waals surface area contributed by atoms with Crippen LogP contribution in [0.15, 0.2) is 91.0 Å². The molecule has 0 bridgehead atoms. The van der Waals surface area contributed by atoms with Gasteiger partial charge in [-0.15, -0.1) is 0 Å². The monoisotopic (exact) mass is 773 g/mol. The second-order valence-electron chi connectivity index (χ2n) is 13.4. The van der Waals surface area contributed by atoms with Gasteiger partial charge in [0.25, 0.3) is 0 Å². The summed E-state index contributed by atoms with van der Waals surface area (Å²) in [7, 11) is 0. The first kappa shape index (κ1) is 39.2. The number of rotatable bonds is 14. The highest BCUT2D eigenvalue weighted by molar-refractivity contribution is 6.35. The van der Waals surface area contributed by atoms with Crippen molar-refractivity contribution in [2.24, 2.45) is 0 Å². The number of benzene rings is 4. The summed E-state index contributed by atoms with van der Waals surface area (Å²) in [6.45, 7) is 8.14. The largest absolute Gasteiger partial charge is 0.494 e. The van der Waals surface area contributed by atoms with E-state index >= 15 is 0 Å². The lowest BCUT2D eigenvalue weighted by molar-refractivity contribution is -0.1000. The van der Waals surface area contributed by atoms with Gasteiger partial charge >= 0.3 is 6.09 Å². The molecule has 4 aromatic carbocycles. The molecule has 7 nitrogen and oxygen atoms in total. The summed E-state index contributed by atoms with van der Waals surface area (Å²) in [6, 6.07) is 28.6. The number of nitrogens with zero attached hydrogens (tertiary/aromatic N) is 1. The maximum atomic E-state index is 13.5. The van der Waals surface area contributed by atoms with Gasteiger partial charge < -0.3 is 28.6 Å². The SMILES string of the molecule is CC(C)(C)OC(=O)N1C[C@H](OCc2ccc(Cl)cc2Cl)C(c2ccc(OCCCOCc3ccccc3)cc2)[C@H](OCc2ccc(Cl)cc2Cl)C1. The zero-order valence-electron chi connectivity index (χ0n) is 29.0. The molecule has 0 saturated carbocycles. The lowest BCUT2D eigenvalue weighted by Gasteiger charge is -2.43. The summed E-state index contributed by atoms with van der Waals surface area (Å²) < 4.78 is 30.8. The third-order valence-corrected chi connectivity index (χ3v) is 9.44. The van der Waals surface area contributed by atoms with Crippen LogP contribution in [0.3, 0.4) is 0 Å². The zero-order chi connectivity index (χ0) is 36.4. The number of hydrogen-bond donors (Lipinski definition) is 0. The van der Waals surface area contributed by atoms with Gasteiger partial charge in [0.05, 0.1) is 58.3 Å². The predicted molar refractivity (Wildman–Crippen MR) is 203 cm³/mol. The number of likely N-dealkylation sites (tertiary alicyclic amines) is 1. The minimum Gasteiger partial charge on any atom is -0.494 e. The quantitative estimate of drug-likeness (QED) is 0.119. The topological polar surface area (TPSA) is 66.5 Å². The second kappa shape index (κ2) is 18.7. The Labute approximate surface area is 320 Å². The first-order valence-electron chi connectivity index (χ1n) is 16.9. The molecule has 1 unspecified atom stereocenters. The average molecular weight is 776 g/mol. The van der Waals surface area contributed by atoms with Crippen molar-refractivity contribution in [1.29, 1.82) is 0 Å². The van der Waals surface area contributed by atoms with E-state index in [0.29, 0.717) is 39.9 Å². The van der Waals surface area contributed by atoms with Gasteiger partial charge in [-0.25, -0.2) is 4.79 Å². The number of hydrogen-bond acceptors (Lipinski definition) is 6. The second-order valence-corrected chi connectivity index (χ2v) is 15.1. The standard InChI is InChI=1S/C40H43Cl4NO6/c1-40(2,3)51-39(46)45-22-36(49-25-29-10-14-31(41)20-34(29)43)38(37(23-45)50-26-30-11-15-32(42)21-35(30)44)28-12-16-33(17-13-28)48-19-7-18-47-24-27-8-5-4-6-9-27/h4-6,8-17,20-21,36-38H,7,18-19,22-26H2,1-3H3/t36-,37+,38?. The fraction of sp³-hybridized carbons (Fsp3) is 0.375. The molecule has 11 heteroatoms. The predicted octanol–water partition coefficient (Wildman–Crippen LogP) is 10.8. The Balaban J connectivity index is 1.34. The number of amides is 1. The zero-order valence-corrected chi connectivity index (χ0v) is 32.0. The summed E-state index contributed by atoms with van der Waals surface area (Å²) in [5.41, 5.74) is 2.98. The van der Waals surface area contributed by atoms with E-state index in [4.69, 9.17) is 70.1 Å². The maximum absolute atomic E-state index is 13.5. The van der Waals surface area contributed by atoms with Gasteiger partial charge in [-0.1, -0.05) is 101 Å². The van der Waals surface area contributed by atoms with Crippen molar-refractivity contribution in [1.82, 2.24) is 4.90 Å². The van der Waals surface area contributed by atoms with Crippen LogP contribution in [0.25, 0.3) is 0 Å². The highest BCUT2D eigenvalue weighted by Gasteiger charge is 2.42. The van der Waals surface area contributed by atoms with Gasteiger partial charge in [0, 0.05) is 32.4 Å². The number of piperidine rings is 1. The van der Waals surface area contributed by atoms with Crippen molar-refractivity contribution < 1.29 is 28.5 Å². The molecule has 1 fully saturated rings. The van der Waals surface area contributed by atoms with Gasteiger partial charge in [-0.2, -0.15) is 0 Å². The van der Waals surface area contributed by atoms with Crippen LogP contribution in [0.2, 0.25) is 20.1 Å². The molecule has 5 rings (SSSR count). The third-order valence-electron chi connectivity index (χ3n) is 8.27. The van der Waals surface area contributed by atoms with Crippen LogP contribution >= 0.6 is 46.4 Å². The summed E-state index contributed by atoms with van der Waals surface area (Å²) in [5.74, 6) is 0.463. The summed E-state index contributed by atoms with van der Waals surface area (Å²) in [6.07, 6.45) is -0.674. The molecule has 1 saturated heterocycles. The van der Waals surface area contributed by atoms with Crippen molar-refractivity contribution in [3.63, 3.8) is 0 Å². The van der Waals surface area contributed by atoms with Crippen LogP contribution in [0.5, 0.6) is 5.75 Å².